The maximum atomic E-state index is 11.6. The van der Waals surface area contributed by atoms with E-state index >= 15 is 0 Å². The van der Waals surface area contributed by atoms with Crippen LogP contribution in [-0.2, 0) is 16.8 Å². The number of aliphatic hydroxyl groups is 1. The summed E-state index contributed by atoms with van der Waals surface area (Å²) in [5.74, 6) is 0. The smallest absolute Gasteiger partial charge is 0.277 e. The van der Waals surface area contributed by atoms with Crippen LogP contribution in [0.25, 0.3) is 0 Å². The lowest BCUT2D eigenvalue weighted by Crippen LogP contribution is -2.38. The number of hydrogen-bond donors (Lipinski definition) is 2. The fourth-order valence-electron chi connectivity index (χ4n) is 1.81. The molecule has 2 aromatic rings. The number of hydrogen-bond acceptors (Lipinski definition) is 4. The quantitative estimate of drug-likeness (QED) is 0.847. The minimum absolute atomic E-state index is 0.0613. The Kier molecular flexibility index (Phi) is 4.90. The number of benzene rings is 1. The van der Waals surface area contributed by atoms with Crippen LogP contribution in [0, 0.1) is 0 Å². The Balaban J connectivity index is 2.13. The van der Waals surface area contributed by atoms with Gasteiger partial charge in [0.1, 0.15) is 6.10 Å². The van der Waals surface area contributed by atoms with Gasteiger partial charge in [-0.3, -0.25) is 0 Å². The lowest BCUT2D eigenvalue weighted by molar-refractivity contribution is 0.149. The van der Waals surface area contributed by atoms with Crippen LogP contribution in [0.1, 0.15) is 16.5 Å². The molecule has 20 heavy (non-hydrogen) atoms. The molecule has 108 valence electrons. The van der Waals surface area contributed by atoms with Gasteiger partial charge in [-0.05, 0) is 17.0 Å². The molecule has 0 aliphatic heterocycles. The Morgan fingerprint density at radius 1 is 1.20 bits per heavy atom. The average Bonchev–Trinajstić information content (AvgIpc) is 2.92. The van der Waals surface area contributed by atoms with E-state index in [9.17, 15) is 13.5 Å². The summed E-state index contributed by atoms with van der Waals surface area (Å²) < 4.78 is 24.3. The maximum Gasteiger partial charge on any atom is 0.277 e. The molecule has 0 fully saturated rings. The molecule has 0 amide bonds. The van der Waals surface area contributed by atoms with Gasteiger partial charge in [-0.1, -0.05) is 36.4 Å². The summed E-state index contributed by atoms with van der Waals surface area (Å²) in [6.45, 7) is 0.0797. The first-order valence-electron chi connectivity index (χ1n) is 6.00. The van der Waals surface area contributed by atoms with Gasteiger partial charge < -0.3 is 5.11 Å². The molecule has 0 aliphatic rings. The Morgan fingerprint density at radius 2 is 1.90 bits per heavy atom. The third kappa shape index (κ3) is 4.12. The van der Waals surface area contributed by atoms with E-state index in [4.69, 9.17) is 5.14 Å². The molecule has 0 saturated heterocycles. The standard InChI is InChI=1S/C13H16N2O3S2/c14-20(17,18)15(9-11-5-2-1-3-6-11)10-12(16)13-7-4-8-19-13/h1-8,12,16H,9-10H2,(H2,14,17,18). The van der Waals surface area contributed by atoms with Crippen molar-refractivity contribution in [3.8, 4) is 0 Å². The summed E-state index contributed by atoms with van der Waals surface area (Å²) in [5.41, 5.74) is 0.819. The van der Waals surface area contributed by atoms with E-state index in [1.165, 1.54) is 11.3 Å². The topological polar surface area (TPSA) is 83.6 Å². The van der Waals surface area contributed by atoms with Crippen molar-refractivity contribution in [2.75, 3.05) is 6.54 Å². The normalized spacial score (nSPS) is 13.6. The largest absolute Gasteiger partial charge is 0.386 e. The minimum atomic E-state index is -3.87. The lowest BCUT2D eigenvalue weighted by Gasteiger charge is -2.22. The molecule has 3 N–H and O–H groups in total. The van der Waals surface area contributed by atoms with E-state index in [-0.39, 0.29) is 13.1 Å². The van der Waals surface area contributed by atoms with Crippen LogP contribution >= 0.6 is 11.3 Å². The van der Waals surface area contributed by atoms with Crippen LogP contribution in [0.15, 0.2) is 47.8 Å². The molecule has 1 aromatic heterocycles. The van der Waals surface area contributed by atoms with Gasteiger partial charge in [0.15, 0.2) is 0 Å². The predicted molar refractivity (Wildman–Crippen MR) is 79.2 cm³/mol. The molecule has 1 aromatic carbocycles. The summed E-state index contributed by atoms with van der Waals surface area (Å²) in [5, 5.41) is 17.1. The van der Waals surface area contributed by atoms with Crippen LogP contribution in [-0.4, -0.2) is 24.4 Å². The molecular weight excluding hydrogens is 296 g/mol. The van der Waals surface area contributed by atoms with Crippen molar-refractivity contribution in [2.45, 2.75) is 12.6 Å². The van der Waals surface area contributed by atoms with E-state index in [1.54, 1.807) is 6.07 Å². The predicted octanol–water partition coefficient (Wildman–Crippen LogP) is 1.49. The molecular formula is C13H16N2O3S2. The van der Waals surface area contributed by atoms with Gasteiger partial charge in [-0.15, -0.1) is 11.3 Å². The molecule has 1 heterocycles. The van der Waals surface area contributed by atoms with Crippen LogP contribution in [0.3, 0.4) is 0 Å². The first-order chi connectivity index (χ1) is 9.47. The molecule has 1 atom stereocenters. The number of nitrogens with two attached hydrogens (primary N) is 1. The van der Waals surface area contributed by atoms with Crippen molar-refractivity contribution in [1.82, 2.24) is 4.31 Å². The molecule has 7 heteroatoms. The molecule has 0 saturated carbocycles. The second-order valence-electron chi connectivity index (χ2n) is 4.35. The van der Waals surface area contributed by atoms with Crippen molar-refractivity contribution in [3.63, 3.8) is 0 Å². The maximum absolute atomic E-state index is 11.6. The molecule has 0 bridgehead atoms. The van der Waals surface area contributed by atoms with Crippen LogP contribution in [0.5, 0.6) is 0 Å². The van der Waals surface area contributed by atoms with Gasteiger partial charge in [0.05, 0.1) is 0 Å². The minimum Gasteiger partial charge on any atom is -0.386 e. The van der Waals surface area contributed by atoms with Crippen molar-refractivity contribution < 1.29 is 13.5 Å². The van der Waals surface area contributed by atoms with Gasteiger partial charge in [0.25, 0.3) is 10.2 Å². The second kappa shape index (κ2) is 6.47. The molecule has 0 aliphatic carbocycles. The summed E-state index contributed by atoms with van der Waals surface area (Å²) in [6, 6.07) is 12.7. The fraction of sp³-hybridized carbons (Fsp3) is 0.231. The Labute approximate surface area is 122 Å². The zero-order chi connectivity index (χ0) is 14.6. The number of aliphatic hydroxyl groups excluding tert-OH is 1. The molecule has 1 unspecified atom stereocenters. The van der Waals surface area contributed by atoms with E-state index in [0.717, 1.165) is 9.87 Å². The van der Waals surface area contributed by atoms with Crippen LogP contribution in [0.2, 0.25) is 0 Å². The SMILES string of the molecule is NS(=O)(=O)N(Cc1ccccc1)CC(O)c1cccs1. The van der Waals surface area contributed by atoms with Gasteiger partial charge in [-0.25, -0.2) is 5.14 Å². The lowest BCUT2D eigenvalue weighted by atomic mass is 10.2. The van der Waals surface area contributed by atoms with Gasteiger partial charge in [0, 0.05) is 18.0 Å². The summed E-state index contributed by atoms with van der Waals surface area (Å²) in [6.07, 6.45) is -0.878. The third-order valence-electron chi connectivity index (χ3n) is 2.81. The highest BCUT2D eigenvalue weighted by atomic mass is 32.2. The van der Waals surface area contributed by atoms with E-state index in [1.807, 2.05) is 41.8 Å². The monoisotopic (exact) mass is 312 g/mol. The number of nitrogens with zero attached hydrogens (tertiary/aromatic N) is 1. The van der Waals surface area contributed by atoms with Crippen LogP contribution < -0.4 is 5.14 Å². The highest BCUT2D eigenvalue weighted by Crippen LogP contribution is 2.21. The summed E-state index contributed by atoms with van der Waals surface area (Å²) in [7, 11) is -3.87. The van der Waals surface area contributed by atoms with Gasteiger partial charge in [0.2, 0.25) is 0 Å². The fourth-order valence-corrected chi connectivity index (χ4v) is 3.19. The third-order valence-corrected chi connectivity index (χ3v) is 4.78. The Bertz CT molecular complexity index is 627. The van der Waals surface area contributed by atoms with E-state index < -0.39 is 16.3 Å². The molecule has 5 nitrogen and oxygen atoms in total. The summed E-state index contributed by atoms with van der Waals surface area (Å²) >= 11 is 1.38. The Hall–Kier alpha value is -1.25. The molecule has 2 rings (SSSR count). The zero-order valence-electron chi connectivity index (χ0n) is 10.7. The highest BCUT2D eigenvalue weighted by molar-refractivity contribution is 7.86. The first-order valence-corrected chi connectivity index (χ1v) is 8.38. The second-order valence-corrected chi connectivity index (χ2v) is 6.88. The average molecular weight is 312 g/mol. The van der Waals surface area contributed by atoms with Gasteiger partial charge >= 0.3 is 0 Å². The number of thiophene rings is 1. The van der Waals surface area contributed by atoms with Crippen LogP contribution in [0.4, 0.5) is 0 Å². The highest BCUT2D eigenvalue weighted by Gasteiger charge is 2.22. The Morgan fingerprint density at radius 3 is 2.45 bits per heavy atom. The van der Waals surface area contributed by atoms with E-state index in [0.29, 0.717) is 4.88 Å². The van der Waals surface area contributed by atoms with Crippen molar-refractivity contribution >= 4 is 21.5 Å². The van der Waals surface area contributed by atoms with Crippen molar-refractivity contribution in [3.05, 3.63) is 58.3 Å². The van der Waals surface area contributed by atoms with Crippen molar-refractivity contribution in [2.24, 2.45) is 5.14 Å². The molecule has 0 spiro atoms. The van der Waals surface area contributed by atoms with E-state index in [2.05, 4.69) is 0 Å². The first kappa shape index (κ1) is 15.1. The van der Waals surface area contributed by atoms with Gasteiger partial charge in [-0.2, -0.15) is 12.7 Å². The van der Waals surface area contributed by atoms with Crippen molar-refractivity contribution in [1.29, 1.82) is 0 Å². The molecule has 0 radical (unpaired) electrons. The number of rotatable bonds is 6. The summed E-state index contributed by atoms with van der Waals surface area (Å²) in [4.78, 5) is 0.715. The zero-order valence-corrected chi connectivity index (χ0v) is 12.3.